The first-order chi connectivity index (χ1) is 14.1. The third kappa shape index (κ3) is 4.36. The Bertz CT molecular complexity index is 823. The minimum atomic E-state index is -0.124. The molecule has 154 valence electrons. The first-order valence-corrected chi connectivity index (χ1v) is 9.97. The number of hydrogen-bond acceptors (Lipinski definition) is 4. The molecule has 0 N–H and O–H groups in total. The molecule has 1 aliphatic heterocycles. The summed E-state index contributed by atoms with van der Waals surface area (Å²) in [5.74, 6) is 0.905. The van der Waals surface area contributed by atoms with E-state index in [0.29, 0.717) is 49.5 Å². The zero-order valence-electron chi connectivity index (χ0n) is 17.3. The molecule has 2 aromatic rings. The minimum Gasteiger partial charge on any atom is -0.496 e. The van der Waals surface area contributed by atoms with Crippen LogP contribution in [0.4, 0.5) is 5.69 Å². The molecule has 0 bridgehead atoms. The standard InChI is InChI=1S/C23H28N2O4/c1-4-25(18-9-6-5-7-10-18)22(26)17-13-15-24(16-14-17)23(27)21-19(28-2)11-8-12-20(21)29-3/h5-12,17H,4,13-16H2,1-3H3. The Kier molecular flexibility index (Phi) is 6.75. The van der Waals surface area contributed by atoms with Crippen LogP contribution in [0.2, 0.25) is 0 Å². The molecule has 2 aromatic carbocycles. The van der Waals surface area contributed by atoms with Crippen LogP contribution in [0.1, 0.15) is 30.1 Å². The van der Waals surface area contributed by atoms with Gasteiger partial charge in [-0.25, -0.2) is 0 Å². The zero-order valence-corrected chi connectivity index (χ0v) is 17.3. The number of rotatable bonds is 6. The second-order valence-electron chi connectivity index (χ2n) is 7.02. The lowest BCUT2D eigenvalue weighted by molar-refractivity contribution is -0.123. The van der Waals surface area contributed by atoms with E-state index in [1.54, 1.807) is 37.3 Å². The van der Waals surface area contributed by atoms with Gasteiger partial charge in [-0.2, -0.15) is 0 Å². The Labute approximate surface area is 172 Å². The molecule has 0 saturated carbocycles. The van der Waals surface area contributed by atoms with Gasteiger partial charge in [0.15, 0.2) is 0 Å². The van der Waals surface area contributed by atoms with Crippen molar-refractivity contribution in [1.82, 2.24) is 4.90 Å². The van der Waals surface area contributed by atoms with E-state index in [4.69, 9.17) is 9.47 Å². The number of amides is 2. The number of hydrogen-bond donors (Lipinski definition) is 0. The normalized spacial score (nSPS) is 14.4. The highest BCUT2D eigenvalue weighted by Gasteiger charge is 2.32. The molecule has 29 heavy (non-hydrogen) atoms. The van der Waals surface area contributed by atoms with E-state index in [-0.39, 0.29) is 17.7 Å². The maximum Gasteiger partial charge on any atom is 0.261 e. The van der Waals surface area contributed by atoms with Gasteiger partial charge in [0, 0.05) is 31.2 Å². The highest BCUT2D eigenvalue weighted by Crippen LogP contribution is 2.31. The number of nitrogens with zero attached hydrogens (tertiary/aromatic N) is 2. The molecule has 0 atom stereocenters. The SMILES string of the molecule is CCN(C(=O)C1CCN(C(=O)c2c(OC)cccc2OC)CC1)c1ccccc1. The Hall–Kier alpha value is -3.02. The maximum atomic E-state index is 13.1. The fourth-order valence-corrected chi connectivity index (χ4v) is 3.84. The molecule has 2 amide bonds. The van der Waals surface area contributed by atoms with E-state index >= 15 is 0 Å². The fraction of sp³-hybridized carbons (Fsp3) is 0.391. The maximum absolute atomic E-state index is 13.1. The predicted octanol–water partition coefficient (Wildman–Crippen LogP) is 3.61. The Morgan fingerprint density at radius 1 is 0.966 bits per heavy atom. The van der Waals surface area contributed by atoms with E-state index in [9.17, 15) is 9.59 Å². The van der Waals surface area contributed by atoms with Crippen molar-refractivity contribution in [3.8, 4) is 11.5 Å². The largest absolute Gasteiger partial charge is 0.496 e. The lowest BCUT2D eigenvalue weighted by Gasteiger charge is -2.34. The molecule has 6 heteroatoms. The zero-order chi connectivity index (χ0) is 20.8. The van der Waals surface area contributed by atoms with Gasteiger partial charge in [0.2, 0.25) is 5.91 Å². The van der Waals surface area contributed by atoms with E-state index in [1.165, 1.54) is 0 Å². The van der Waals surface area contributed by atoms with Gasteiger partial charge in [-0.15, -0.1) is 0 Å². The molecule has 0 unspecified atom stereocenters. The van der Waals surface area contributed by atoms with E-state index in [2.05, 4.69) is 0 Å². The van der Waals surface area contributed by atoms with Crippen LogP contribution in [-0.4, -0.2) is 50.6 Å². The smallest absolute Gasteiger partial charge is 0.261 e. The molecule has 3 rings (SSSR count). The lowest BCUT2D eigenvalue weighted by Crippen LogP contribution is -2.44. The van der Waals surface area contributed by atoms with Crippen molar-refractivity contribution in [3.05, 3.63) is 54.1 Å². The average molecular weight is 396 g/mol. The average Bonchev–Trinajstić information content (AvgIpc) is 2.79. The molecule has 6 nitrogen and oxygen atoms in total. The molecule has 0 spiro atoms. The summed E-state index contributed by atoms with van der Waals surface area (Å²) in [6, 6.07) is 15.0. The van der Waals surface area contributed by atoms with E-state index in [0.717, 1.165) is 5.69 Å². The quantitative estimate of drug-likeness (QED) is 0.748. The number of carbonyl (C=O) groups excluding carboxylic acids is 2. The van der Waals surface area contributed by atoms with Crippen molar-refractivity contribution < 1.29 is 19.1 Å². The summed E-state index contributed by atoms with van der Waals surface area (Å²) >= 11 is 0. The number of anilines is 1. The predicted molar refractivity (Wildman–Crippen MR) is 113 cm³/mol. The molecule has 1 heterocycles. The van der Waals surface area contributed by atoms with Crippen LogP contribution in [0.15, 0.2) is 48.5 Å². The lowest BCUT2D eigenvalue weighted by atomic mass is 9.94. The molecule has 1 aliphatic rings. The first kappa shape index (κ1) is 20.7. The number of ether oxygens (including phenoxy) is 2. The number of para-hydroxylation sites is 1. The second-order valence-corrected chi connectivity index (χ2v) is 7.02. The highest BCUT2D eigenvalue weighted by molar-refractivity contribution is 6.00. The first-order valence-electron chi connectivity index (χ1n) is 9.97. The summed E-state index contributed by atoms with van der Waals surface area (Å²) in [5, 5.41) is 0. The van der Waals surface area contributed by atoms with Gasteiger partial charge in [0.25, 0.3) is 5.91 Å². The number of methoxy groups -OCH3 is 2. The van der Waals surface area contributed by atoms with Crippen molar-refractivity contribution in [1.29, 1.82) is 0 Å². The monoisotopic (exact) mass is 396 g/mol. The Balaban J connectivity index is 1.69. The van der Waals surface area contributed by atoms with Gasteiger partial charge in [-0.3, -0.25) is 9.59 Å². The minimum absolute atomic E-state index is 0.0845. The van der Waals surface area contributed by atoms with Crippen LogP contribution in [0, 0.1) is 5.92 Å². The number of piperidine rings is 1. The van der Waals surface area contributed by atoms with Gasteiger partial charge in [-0.1, -0.05) is 24.3 Å². The van der Waals surface area contributed by atoms with Crippen LogP contribution < -0.4 is 14.4 Å². The molecule has 1 fully saturated rings. The van der Waals surface area contributed by atoms with Crippen molar-refractivity contribution >= 4 is 17.5 Å². The Morgan fingerprint density at radius 2 is 1.55 bits per heavy atom. The highest BCUT2D eigenvalue weighted by atomic mass is 16.5. The van der Waals surface area contributed by atoms with Gasteiger partial charge in [0.1, 0.15) is 17.1 Å². The van der Waals surface area contributed by atoms with Crippen molar-refractivity contribution in [3.63, 3.8) is 0 Å². The summed E-state index contributed by atoms with van der Waals surface area (Å²) in [6.07, 6.45) is 1.29. The second kappa shape index (κ2) is 9.45. The van der Waals surface area contributed by atoms with Gasteiger partial charge in [-0.05, 0) is 44.0 Å². The van der Waals surface area contributed by atoms with Crippen molar-refractivity contribution in [2.45, 2.75) is 19.8 Å². The number of likely N-dealkylation sites (tertiary alicyclic amines) is 1. The van der Waals surface area contributed by atoms with Gasteiger partial charge in [0.05, 0.1) is 14.2 Å². The molecular weight excluding hydrogens is 368 g/mol. The number of benzene rings is 2. The Morgan fingerprint density at radius 3 is 2.07 bits per heavy atom. The summed E-state index contributed by atoms with van der Waals surface area (Å²) < 4.78 is 10.7. The van der Waals surface area contributed by atoms with E-state index in [1.807, 2.05) is 42.2 Å². The third-order valence-electron chi connectivity index (χ3n) is 5.42. The molecule has 0 aliphatic carbocycles. The van der Waals surface area contributed by atoms with E-state index < -0.39 is 0 Å². The van der Waals surface area contributed by atoms with Crippen LogP contribution in [0.3, 0.4) is 0 Å². The summed E-state index contributed by atoms with van der Waals surface area (Å²) in [4.78, 5) is 29.8. The van der Waals surface area contributed by atoms with Crippen LogP contribution >= 0.6 is 0 Å². The summed E-state index contributed by atoms with van der Waals surface area (Å²) in [6.45, 7) is 3.67. The fourth-order valence-electron chi connectivity index (χ4n) is 3.84. The van der Waals surface area contributed by atoms with Crippen LogP contribution in [0.5, 0.6) is 11.5 Å². The molecule has 0 aromatic heterocycles. The van der Waals surface area contributed by atoms with Crippen molar-refractivity contribution in [2.24, 2.45) is 5.92 Å². The van der Waals surface area contributed by atoms with Gasteiger partial charge < -0.3 is 19.3 Å². The molecular formula is C23H28N2O4. The third-order valence-corrected chi connectivity index (χ3v) is 5.42. The molecule has 0 radical (unpaired) electrons. The molecule has 1 saturated heterocycles. The topological polar surface area (TPSA) is 59.1 Å². The van der Waals surface area contributed by atoms with Crippen LogP contribution in [0.25, 0.3) is 0 Å². The van der Waals surface area contributed by atoms with Crippen molar-refractivity contribution in [2.75, 3.05) is 38.8 Å². The number of carbonyl (C=O) groups is 2. The summed E-state index contributed by atoms with van der Waals surface area (Å²) in [5.41, 5.74) is 1.35. The van der Waals surface area contributed by atoms with Gasteiger partial charge >= 0.3 is 0 Å². The summed E-state index contributed by atoms with van der Waals surface area (Å²) in [7, 11) is 3.08. The van der Waals surface area contributed by atoms with Crippen LogP contribution in [-0.2, 0) is 4.79 Å².